The third-order valence-corrected chi connectivity index (χ3v) is 4.54. The normalized spacial score (nSPS) is 41.9. The van der Waals surface area contributed by atoms with Crippen LogP contribution in [0.4, 0.5) is 0 Å². The third kappa shape index (κ3) is 1.31. The van der Waals surface area contributed by atoms with Crippen molar-refractivity contribution in [1.29, 1.82) is 0 Å². The van der Waals surface area contributed by atoms with E-state index in [1.807, 2.05) is 0 Å². The Kier molecular flexibility index (Phi) is 2.57. The van der Waals surface area contributed by atoms with Gasteiger partial charge in [-0.25, -0.2) is 0 Å². The average molecular weight is 224 g/mol. The van der Waals surface area contributed by atoms with Gasteiger partial charge < -0.3 is 14.6 Å². The smallest absolute Gasteiger partial charge is 0.176 e. The van der Waals surface area contributed by atoms with Crippen molar-refractivity contribution in [2.24, 2.45) is 5.41 Å². The molecule has 3 aliphatic rings. The van der Waals surface area contributed by atoms with Crippen molar-refractivity contribution in [1.82, 2.24) is 0 Å². The molecular weight excluding hydrogens is 204 g/mol. The number of hydrogen-bond acceptors (Lipinski definition) is 3. The Hall–Kier alpha value is -0.380. The SMILES string of the molecule is O[C@@H]1CC=CC[C@@]12CCCCC21OCCO1. The molecule has 1 aliphatic heterocycles. The van der Waals surface area contributed by atoms with Gasteiger partial charge in [0.05, 0.1) is 24.7 Å². The second kappa shape index (κ2) is 3.83. The number of rotatable bonds is 0. The van der Waals surface area contributed by atoms with Gasteiger partial charge in [0.1, 0.15) is 0 Å². The molecule has 16 heavy (non-hydrogen) atoms. The largest absolute Gasteiger partial charge is 0.392 e. The molecule has 0 bridgehead atoms. The lowest BCUT2D eigenvalue weighted by Gasteiger charge is -2.53. The maximum atomic E-state index is 10.4. The van der Waals surface area contributed by atoms with E-state index in [2.05, 4.69) is 12.2 Å². The van der Waals surface area contributed by atoms with Crippen molar-refractivity contribution in [2.75, 3.05) is 13.2 Å². The maximum absolute atomic E-state index is 10.4. The summed E-state index contributed by atoms with van der Waals surface area (Å²) in [5.74, 6) is -0.491. The van der Waals surface area contributed by atoms with Gasteiger partial charge in [-0.05, 0) is 25.7 Å². The molecule has 2 fully saturated rings. The van der Waals surface area contributed by atoms with Gasteiger partial charge in [0.2, 0.25) is 0 Å². The first-order chi connectivity index (χ1) is 7.79. The Labute approximate surface area is 96.4 Å². The standard InChI is InChI=1S/C13H20O3/c14-11-5-1-2-6-12(11)7-3-4-8-13(12)15-9-10-16-13/h1-2,11,14H,3-10H2/t11-,12-/m1/s1. The average Bonchev–Trinajstić information content (AvgIpc) is 2.76. The van der Waals surface area contributed by atoms with E-state index in [0.717, 1.165) is 32.1 Å². The number of aliphatic hydroxyl groups is 1. The lowest BCUT2D eigenvalue weighted by atomic mass is 9.61. The molecule has 1 heterocycles. The van der Waals surface area contributed by atoms with Crippen molar-refractivity contribution >= 4 is 0 Å². The van der Waals surface area contributed by atoms with Gasteiger partial charge >= 0.3 is 0 Å². The minimum absolute atomic E-state index is 0.184. The molecular formula is C13H20O3. The zero-order chi connectivity index (χ0) is 11.1. The summed E-state index contributed by atoms with van der Waals surface area (Å²) in [5, 5.41) is 10.4. The van der Waals surface area contributed by atoms with Gasteiger partial charge in [-0.3, -0.25) is 0 Å². The molecule has 2 atom stereocenters. The van der Waals surface area contributed by atoms with Crippen LogP contribution in [-0.2, 0) is 9.47 Å². The van der Waals surface area contributed by atoms with Crippen LogP contribution in [0, 0.1) is 5.41 Å². The third-order valence-electron chi connectivity index (χ3n) is 4.54. The van der Waals surface area contributed by atoms with Crippen LogP contribution in [-0.4, -0.2) is 30.2 Å². The molecule has 0 aromatic rings. The Morgan fingerprint density at radius 1 is 1.06 bits per heavy atom. The highest BCUT2D eigenvalue weighted by molar-refractivity contribution is 5.11. The summed E-state index contributed by atoms with van der Waals surface area (Å²) in [6, 6.07) is 0. The zero-order valence-electron chi connectivity index (χ0n) is 9.65. The maximum Gasteiger partial charge on any atom is 0.176 e. The first kappa shape index (κ1) is 10.8. The van der Waals surface area contributed by atoms with Crippen LogP contribution in [0.15, 0.2) is 12.2 Å². The molecule has 0 aromatic heterocycles. The molecule has 1 saturated carbocycles. The predicted octanol–water partition coefficient (Wildman–Crippen LogP) is 2.00. The minimum atomic E-state index is -0.491. The van der Waals surface area contributed by atoms with Crippen LogP contribution in [0.5, 0.6) is 0 Å². The van der Waals surface area contributed by atoms with Crippen LogP contribution < -0.4 is 0 Å². The van der Waals surface area contributed by atoms with E-state index in [9.17, 15) is 5.11 Å². The predicted molar refractivity (Wildman–Crippen MR) is 59.9 cm³/mol. The number of fused-ring (bicyclic) bond motifs is 1. The molecule has 3 rings (SSSR count). The molecule has 90 valence electrons. The fourth-order valence-corrected chi connectivity index (χ4v) is 3.68. The molecule has 0 radical (unpaired) electrons. The molecule has 0 unspecified atom stereocenters. The fraction of sp³-hybridized carbons (Fsp3) is 0.846. The first-order valence-corrected chi connectivity index (χ1v) is 6.40. The summed E-state index contributed by atoms with van der Waals surface area (Å²) in [6.45, 7) is 1.36. The van der Waals surface area contributed by atoms with E-state index in [-0.39, 0.29) is 11.5 Å². The van der Waals surface area contributed by atoms with Crippen LogP contribution in [0.25, 0.3) is 0 Å². The van der Waals surface area contributed by atoms with Gasteiger partial charge in [0.25, 0.3) is 0 Å². The van der Waals surface area contributed by atoms with E-state index < -0.39 is 5.79 Å². The van der Waals surface area contributed by atoms with Crippen molar-refractivity contribution in [2.45, 2.75) is 50.4 Å². The second-order valence-corrected chi connectivity index (χ2v) is 5.24. The topological polar surface area (TPSA) is 38.7 Å². The highest BCUT2D eigenvalue weighted by atomic mass is 16.7. The van der Waals surface area contributed by atoms with Crippen LogP contribution in [0.3, 0.4) is 0 Å². The zero-order valence-corrected chi connectivity index (χ0v) is 9.65. The van der Waals surface area contributed by atoms with Gasteiger partial charge in [0.15, 0.2) is 5.79 Å². The second-order valence-electron chi connectivity index (χ2n) is 5.24. The summed E-state index contributed by atoms with van der Waals surface area (Å²) in [6.07, 6.45) is 9.89. The Balaban J connectivity index is 1.97. The summed E-state index contributed by atoms with van der Waals surface area (Å²) in [5.41, 5.74) is -0.184. The van der Waals surface area contributed by atoms with E-state index >= 15 is 0 Å². The Morgan fingerprint density at radius 2 is 1.81 bits per heavy atom. The molecule has 2 aliphatic carbocycles. The van der Waals surface area contributed by atoms with Gasteiger partial charge in [-0.2, -0.15) is 0 Å². The number of allylic oxidation sites excluding steroid dienone is 1. The summed E-state index contributed by atoms with van der Waals surface area (Å²) >= 11 is 0. The molecule has 1 N–H and O–H groups in total. The molecule has 2 spiro atoms. The minimum Gasteiger partial charge on any atom is -0.392 e. The number of hydrogen-bond donors (Lipinski definition) is 1. The summed E-state index contributed by atoms with van der Waals surface area (Å²) in [4.78, 5) is 0. The van der Waals surface area contributed by atoms with Crippen LogP contribution >= 0.6 is 0 Å². The fourth-order valence-electron chi connectivity index (χ4n) is 3.68. The summed E-state index contributed by atoms with van der Waals surface area (Å²) < 4.78 is 11.9. The van der Waals surface area contributed by atoms with Crippen LogP contribution in [0.2, 0.25) is 0 Å². The first-order valence-electron chi connectivity index (χ1n) is 6.40. The molecule has 3 heteroatoms. The molecule has 0 amide bonds. The molecule has 0 aromatic carbocycles. The van der Waals surface area contributed by atoms with E-state index in [1.54, 1.807) is 0 Å². The van der Waals surface area contributed by atoms with Crippen molar-refractivity contribution < 1.29 is 14.6 Å². The van der Waals surface area contributed by atoms with Crippen molar-refractivity contribution in [3.63, 3.8) is 0 Å². The van der Waals surface area contributed by atoms with Gasteiger partial charge in [0, 0.05) is 6.42 Å². The quantitative estimate of drug-likeness (QED) is 0.640. The molecule has 1 saturated heterocycles. The van der Waals surface area contributed by atoms with Crippen molar-refractivity contribution in [3.8, 4) is 0 Å². The molecule has 3 nitrogen and oxygen atoms in total. The van der Waals surface area contributed by atoms with Crippen LogP contribution in [0.1, 0.15) is 38.5 Å². The Bertz CT molecular complexity index is 294. The van der Waals surface area contributed by atoms with E-state index in [4.69, 9.17) is 9.47 Å². The van der Waals surface area contributed by atoms with E-state index in [0.29, 0.717) is 13.2 Å². The summed E-state index contributed by atoms with van der Waals surface area (Å²) in [7, 11) is 0. The van der Waals surface area contributed by atoms with Gasteiger partial charge in [-0.1, -0.05) is 18.6 Å². The highest BCUT2D eigenvalue weighted by Crippen LogP contribution is 2.55. The van der Waals surface area contributed by atoms with E-state index in [1.165, 1.54) is 6.42 Å². The number of aliphatic hydroxyl groups excluding tert-OH is 1. The lowest BCUT2D eigenvalue weighted by molar-refractivity contribution is -0.282. The number of ether oxygens (including phenoxy) is 2. The lowest BCUT2D eigenvalue weighted by Crippen LogP contribution is -2.58. The van der Waals surface area contributed by atoms with Crippen molar-refractivity contribution in [3.05, 3.63) is 12.2 Å². The highest BCUT2D eigenvalue weighted by Gasteiger charge is 2.60. The Morgan fingerprint density at radius 3 is 2.56 bits per heavy atom. The van der Waals surface area contributed by atoms with Gasteiger partial charge in [-0.15, -0.1) is 0 Å². The monoisotopic (exact) mass is 224 g/mol.